The first-order valence-electron chi connectivity index (χ1n) is 9.50. The highest BCUT2D eigenvalue weighted by molar-refractivity contribution is 6.02. The summed E-state index contributed by atoms with van der Waals surface area (Å²) >= 11 is 0. The van der Waals surface area contributed by atoms with Crippen LogP contribution in [0, 0.1) is 20.8 Å². The van der Waals surface area contributed by atoms with Crippen molar-refractivity contribution >= 4 is 11.6 Å². The van der Waals surface area contributed by atoms with E-state index in [2.05, 4.69) is 15.4 Å². The van der Waals surface area contributed by atoms with Crippen molar-refractivity contribution in [3.05, 3.63) is 95.3 Å². The van der Waals surface area contributed by atoms with E-state index >= 15 is 0 Å². The fourth-order valence-electron chi connectivity index (χ4n) is 3.22. The first-order chi connectivity index (χ1) is 14.0. The summed E-state index contributed by atoms with van der Waals surface area (Å²) in [5, 5.41) is 7.51. The van der Waals surface area contributed by atoms with Gasteiger partial charge < -0.3 is 5.32 Å². The molecule has 0 aliphatic heterocycles. The molecule has 1 amide bonds. The minimum absolute atomic E-state index is 0.132. The van der Waals surface area contributed by atoms with Gasteiger partial charge in [-0.25, -0.2) is 9.67 Å². The highest BCUT2D eigenvalue weighted by atomic mass is 16.2. The number of aromatic nitrogens is 3. The Hall–Kier alpha value is -3.73. The number of anilines is 1. The second-order valence-corrected chi connectivity index (χ2v) is 7.02. The quantitative estimate of drug-likeness (QED) is 0.533. The van der Waals surface area contributed by atoms with Crippen LogP contribution in [0.1, 0.15) is 27.3 Å². The average Bonchev–Trinajstić information content (AvgIpc) is 3.18. The topological polar surface area (TPSA) is 59.8 Å². The molecule has 1 N–H and O–H groups in total. The first kappa shape index (κ1) is 18.6. The Morgan fingerprint density at radius 1 is 0.828 bits per heavy atom. The summed E-state index contributed by atoms with van der Waals surface area (Å²) in [6, 6.07) is 23.5. The van der Waals surface area contributed by atoms with Crippen molar-refractivity contribution < 1.29 is 4.79 Å². The largest absolute Gasteiger partial charge is 0.319 e. The maximum Gasteiger partial charge on any atom is 0.295 e. The van der Waals surface area contributed by atoms with Crippen molar-refractivity contribution in [2.24, 2.45) is 0 Å². The van der Waals surface area contributed by atoms with Crippen LogP contribution in [0.4, 0.5) is 5.69 Å². The monoisotopic (exact) mass is 382 g/mol. The standard InChI is InChI=1S/C24H22N4O/c1-16-11-9-14-20(18(16)3)25-24(29)22-26-23(19-12-5-4-6-13-19)28(27-22)21-15-8-7-10-17(21)2/h4-15H,1-3H3,(H,25,29). The molecular formula is C24H22N4O. The van der Waals surface area contributed by atoms with Crippen LogP contribution >= 0.6 is 0 Å². The van der Waals surface area contributed by atoms with Gasteiger partial charge in [-0.1, -0.05) is 60.7 Å². The van der Waals surface area contributed by atoms with E-state index in [1.807, 2.05) is 93.6 Å². The van der Waals surface area contributed by atoms with Crippen LogP contribution in [0.15, 0.2) is 72.8 Å². The second kappa shape index (κ2) is 7.72. The third-order valence-corrected chi connectivity index (χ3v) is 5.04. The molecule has 5 nitrogen and oxygen atoms in total. The Morgan fingerprint density at radius 2 is 1.52 bits per heavy atom. The molecule has 0 saturated heterocycles. The van der Waals surface area contributed by atoms with E-state index in [0.717, 1.165) is 33.6 Å². The first-order valence-corrected chi connectivity index (χ1v) is 9.50. The van der Waals surface area contributed by atoms with E-state index in [0.29, 0.717) is 5.82 Å². The Labute approximate surface area is 170 Å². The zero-order valence-corrected chi connectivity index (χ0v) is 16.7. The van der Waals surface area contributed by atoms with Gasteiger partial charge >= 0.3 is 0 Å². The number of aryl methyl sites for hydroxylation is 2. The van der Waals surface area contributed by atoms with Crippen LogP contribution in [0.25, 0.3) is 17.1 Å². The summed E-state index contributed by atoms with van der Waals surface area (Å²) in [4.78, 5) is 17.5. The van der Waals surface area contributed by atoms with Crippen molar-refractivity contribution in [3.8, 4) is 17.1 Å². The molecule has 0 fully saturated rings. The third-order valence-electron chi connectivity index (χ3n) is 5.04. The van der Waals surface area contributed by atoms with Crippen molar-refractivity contribution in [2.75, 3.05) is 5.32 Å². The zero-order chi connectivity index (χ0) is 20.4. The fourth-order valence-corrected chi connectivity index (χ4v) is 3.22. The van der Waals surface area contributed by atoms with Gasteiger partial charge in [-0.3, -0.25) is 4.79 Å². The number of nitrogens with one attached hydrogen (secondary N) is 1. The predicted molar refractivity (Wildman–Crippen MR) is 115 cm³/mol. The number of amides is 1. The lowest BCUT2D eigenvalue weighted by atomic mass is 10.1. The van der Waals surface area contributed by atoms with Crippen LogP contribution in [-0.4, -0.2) is 20.7 Å². The molecule has 5 heteroatoms. The summed E-state index contributed by atoms with van der Waals surface area (Å²) in [5.41, 5.74) is 5.76. The van der Waals surface area contributed by atoms with Crippen molar-refractivity contribution in [2.45, 2.75) is 20.8 Å². The Morgan fingerprint density at radius 3 is 2.28 bits per heavy atom. The molecule has 4 aromatic rings. The Bertz CT molecular complexity index is 1180. The molecule has 0 unspecified atom stereocenters. The molecule has 4 rings (SSSR count). The van der Waals surface area contributed by atoms with Gasteiger partial charge in [0, 0.05) is 11.3 Å². The molecule has 1 heterocycles. The number of para-hydroxylation sites is 1. The summed E-state index contributed by atoms with van der Waals surface area (Å²) in [5.74, 6) is 0.433. The molecule has 0 radical (unpaired) electrons. The van der Waals surface area contributed by atoms with Crippen LogP contribution in [0.3, 0.4) is 0 Å². The number of carbonyl (C=O) groups is 1. The predicted octanol–water partition coefficient (Wildman–Crippen LogP) is 5.11. The van der Waals surface area contributed by atoms with Crippen LogP contribution in [0.2, 0.25) is 0 Å². The summed E-state index contributed by atoms with van der Waals surface area (Å²) in [6.07, 6.45) is 0. The third kappa shape index (κ3) is 3.67. The number of benzene rings is 3. The summed E-state index contributed by atoms with van der Waals surface area (Å²) in [6.45, 7) is 6.02. The van der Waals surface area contributed by atoms with E-state index in [1.54, 1.807) is 4.68 Å². The molecule has 144 valence electrons. The van der Waals surface area contributed by atoms with Gasteiger partial charge in [-0.2, -0.15) is 0 Å². The lowest BCUT2D eigenvalue weighted by Crippen LogP contribution is -2.15. The van der Waals surface area contributed by atoms with E-state index in [1.165, 1.54) is 0 Å². The molecule has 0 spiro atoms. The van der Waals surface area contributed by atoms with Gasteiger partial charge in [0.1, 0.15) is 0 Å². The highest BCUT2D eigenvalue weighted by Crippen LogP contribution is 2.24. The molecular weight excluding hydrogens is 360 g/mol. The van der Waals surface area contributed by atoms with Crippen molar-refractivity contribution in [1.82, 2.24) is 14.8 Å². The Balaban J connectivity index is 1.78. The van der Waals surface area contributed by atoms with Crippen LogP contribution in [0.5, 0.6) is 0 Å². The molecule has 0 aliphatic carbocycles. The molecule has 1 aromatic heterocycles. The summed E-state index contributed by atoms with van der Waals surface area (Å²) < 4.78 is 1.74. The number of nitrogens with zero attached hydrogens (tertiary/aromatic N) is 3. The van der Waals surface area contributed by atoms with Crippen LogP contribution in [-0.2, 0) is 0 Å². The van der Waals surface area contributed by atoms with Crippen molar-refractivity contribution in [1.29, 1.82) is 0 Å². The second-order valence-electron chi connectivity index (χ2n) is 7.02. The van der Waals surface area contributed by atoms with E-state index < -0.39 is 0 Å². The minimum Gasteiger partial charge on any atom is -0.319 e. The lowest BCUT2D eigenvalue weighted by molar-refractivity contribution is 0.101. The molecule has 29 heavy (non-hydrogen) atoms. The molecule has 0 atom stereocenters. The van der Waals surface area contributed by atoms with E-state index in [-0.39, 0.29) is 11.7 Å². The maximum absolute atomic E-state index is 12.9. The molecule has 3 aromatic carbocycles. The smallest absolute Gasteiger partial charge is 0.295 e. The van der Waals surface area contributed by atoms with Crippen molar-refractivity contribution in [3.63, 3.8) is 0 Å². The summed E-state index contributed by atoms with van der Waals surface area (Å²) in [7, 11) is 0. The van der Waals surface area contributed by atoms with Crippen LogP contribution < -0.4 is 5.32 Å². The molecule has 0 saturated carbocycles. The average molecular weight is 382 g/mol. The van der Waals surface area contributed by atoms with Gasteiger partial charge in [0.05, 0.1) is 5.69 Å². The number of carbonyl (C=O) groups excluding carboxylic acids is 1. The lowest BCUT2D eigenvalue weighted by Gasteiger charge is -2.09. The minimum atomic E-state index is -0.330. The maximum atomic E-state index is 12.9. The number of hydrogen-bond donors (Lipinski definition) is 1. The van der Waals surface area contributed by atoms with Gasteiger partial charge in [-0.15, -0.1) is 5.10 Å². The zero-order valence-electron chi connectivity index (χ0n) is 16.7. The molecule has 0 bridgehead atoms. The van der Waals surface area contributed by atoms with Gasteiger partial charge in [0.15, 0.2) is 5.82 Å². The highest BCUT2D eigenvalue weighted by Gasteiger charge is 2.20. The SMILES string of the molecule is Cc1ccccc1-n1nc(C(=O)Nc2cccc(C)c2C)nc1-c1ccccc1. The Kier molecular flexibility index (Phi) is 4.96. The number of rotatable bonds is 4. The van der Waals surface area contributed by atoms with Gasteiger partial charge in [0.25, 0.3) is 5.91 Å². The fraction of sp³-hybridized carbons (Fsp3) is 0.125. The normalized spacial score (nSPS) is 10.7. The number of hydrogen-bond acceptors (Lipinski definition) is 3. The molecule has 0 aliphatic rings. The van der Waals surface area contributed by atoms with Gasteiger partial charge in [-0.05, 0) is 49.6 Å². The van der Waals surface area contributed by atoms with E-state index in [4.69, 9.17) is 0 Å². The van der Waals surface area contributed by atoms with E-state index in [9.17, 15) is 4.79 Å². The van der Waals surface area contributed by atoms with Gasteiger partial charge in [0.2, 0.25) is 5.82 Å².